The van der Waals surface area contributed by atoms with Crippen LogP contribution in [0.25, 0.3) is 6.08 Å². The fourth-order valence-corrected chi connectivity index (χ4v) is 4.14. The molecule has 10 heteroatoms. The predicted molar refractivity (Wildman–Crippen MR) is 130 cm³/mol. The van der Waals surface area contributed by atoms with E-state index in [0.717, 1.165) is 39.1 Å². The summed E-state index contributed by atoms with van der Waals surface area (Å²) in [4.78, 5) is 47.7. The van der Waals surface area contributed by atoms with Crippen molar-refractivity contribution in [2.75, 3.05) is 39.3 Å². The predicted octanol–water partition coefficient (Wildman–Crippen LogP) is 1.80. The number of nitrogens with one attached hydrogen (secondary N) is 1. The number of aromatic nitrogens is 1. The highest BCUT2D eigenvalue weighted by Crippen LogP contribution is 2.30. The van der Waals surface area contributed by atoms with Crippen molar-refractivity contribution in [2.45, 2.75) is 18.4 Å². The van der Waals surface area contributed by atoms with Gasteiger partial charge in [0.05, 0.1) is 12.2 Å². The summed E-state index contributed by atoms with van der Waals surface area (Å²) in [5, 5.41) is 13.8. The highest BCUT2D eigenvalue weighted by atomic mass is 16.5. The second-order valence-electron chi connectivity index (χ2n) is 8.01. The number of ether oxygens (including phenoxy) is 1. The van der Waals surface area contributed by atoms with Crippen LogP contribution in [0.2, 0.25) is 0 Å². The maximum Gasteiger partial charge on any atom is 0.290 e. The molecule has 2 aliphatic heterocycles. The van der Waals surface area contributed by atoms with Crippen LogP contribution in [0.5, 0.6) is 0 Å². The molecule has 3 N–H and O–H groups in total. The van der Waals surface area contributed by atoms with E-state index < -0.39 is 0 Å². The van der Waals surface area contributed by atoms with Crippen molar-refractivity contribution < 1.29 is 29.3 Å². The topological polar surface area (TPSA) is 140 Å². The summed E-state index contributed by atoms with van der Waals surface area (Å²) in [5.41, 5.74) is 1.13. The van der Waals surface area contributed by atoms with E-state index >= 15 is 0 Å². The highest BCUT2D eigenvalue weighted by molar-refractivity contribution is 5.92. The van der Waals surface area contributed by atoms with Crippen molar-refractivity contribution in [2.24, 2.45) is 0 Å². The molecule has 0 atom stereocenters. The van der Waals surface area contributed by atoms with Crippen LogP contribution in [0.3, 0.4) is 0 Å². The highest BCUT2D eigenvalue weighted by Gasteiger charge is 2.40. The number of pyridine rings is 1. The van der Waals surface area contributed by atoms with Crippen molar-refractivity contribution >= 4 is 24.9 Å². The molecule has 0 radical (unpaired) electrons. The molecule has 35 heavy (non-hydrogen) atoms. The summed E-state index contributed by atoms with van der Waals surface area (Å²) >= 11 is 0. The molecule has 2 aromatic rings. The Morgan fingerprint density at radius 2 is 1.66 bits per heavy atom. The average Bonchev–Trinajstić information content (AvgIpc) is 2.86. The molecular formula is C25H31N3O7. The van der Waals surface area contributed by atoms with Gasteiger partial charge in [0.15, 0.2) is 0 Å². The van der Waals surface area contributed by atoms with E-state index in [1.165, 1.54) is 11.6 Å². The molecule has 2 saturated heterocycles. The number of rotatable bonds is 4. The smallest absolute Gasteiger partial charge is 0.290 e. The van der Waals surface area contributed by atoms with Gasteiger partial charge in [0, 0.05) is 38.8 Å². The number of carboxylic acid groups (broad SMARTS) is 2. The summed E-state index contributed by atoms with van der Waals surface area (Å²) in [6.07, 6.45) is 5.99. The van der Waals surface area contributed by atoms with Gasteiger partial charge < -0.3 is 24.8 Å². The second-order valence-corrected chi connectivity index (χ2v) is 8.01. The minimum absolute atomic E-state index is 0.115. The van der Waals surface area contributed by atoms with E-state index in [4.69, 9.17) is 24.5 Å². The molecule has 1 aromatic heterocycles. The van der Waals surface area contributed by atoms with Gasteiger partial charge in [-0.2, -0.15) is 0 Å². The Bertz CT molecular complexity index is 1010. The van der Waals surface area contributed by atoms with E-state index in [-0.39, 0.29) is 30.0 Å². The first-order chi connectivity index (χ1) is 17.0. The molecule has 3 heterocycles. The number of piperidine rings is 1. The molecule has 0 bridgehead atoms. The lowest BCUT2D eigenvalue weighted by molar-refractivity contribution is -0.130. The Morgan fingerprint density at radius 1 is 1.00 bits per heavy atom. The molecule has 4 rings (SSSR count). The van der Waals surface area contributed by atoms with Crippen molar-refractivity contribution in [3.63, 3.8) is 0 Å². The van der Waals surface area contributed by atoms with Gasteiger partial charge in [0.25, 0.3) is 18.9 Å². The number of nitrogens with zero attached hydrogens (tertiary/aromatic N) is 2. The minimum Gasteiger partial charge on any atom is -0.483 e. The zero-order valence-corrected chi connectivity index (χ0v) is 19.4. The number of carbonyl (C=O) groups excluding carboxylic acids is 1. The lowest BCUT2D eigenvalue weighted by atomic mass is 9.89. The molecule has 1 spiro atoms. The van der Waals surface area contributed by atoms with Crippen molar-refractivity contribution in [1.82, 2.24) is 14.8 Å². The van der Waals surface area contributed by atoms with E-state index in [1.54, 1.807) is 12.1 Å². The number of hydrogen-bond acceptors (Lipinski definition) is 6. The standard InChI is InChI=1S/C23H27N3O3.2CH2O2/c27-21-10-4-9-20(24-21)22(28)26-14-11-23(12-15-26)18-25(16-17-29-23)13-5-8-19-6-2-1-3-7-19;2*2-1-3/h1-10H,11-18H2,(H,24,27);2*1H,(H,2,3)/b8-5+;;. The summed E-state index contributed by atoms with van der Waals surface area (Å²) in [6.45, 7) is 4.21. The largest absolute Gasteiger partial charge is 0.483 e. The van der Waals surface area contributed by atoms with E-state index in [2.05, 4.69) is 34.2 Å². The zero-order chi connectivity index (χ0) is 25.5. The van der Waals surface area contributed by atoms with Gasteiger partial charge in [0.2, 0.25) is 5.56 Å². The van der Waals surface area contributed by atoms with Crippen molar-refractivity contribution in [1.29, 1.82) is 0 Å². The molecule has 0 aliphatic carbocycles. The molecule has 2 fully saturated rings. The van der Waals surface area contributed by atoms with Gasteiger partial charge in [-0.05, 0) is 24.5 Å². The van der Waals surface area contributed by atoms with Crippen LogP contribution in [-0.4, -0.2) is 88.8 Å². The number of carbonyl (C=O) groups is 3. The molecular weight excluding hydrogens is 454 g/mol. The molecule has 10 nitrogen and oxygen atoms in total. The summed E-state index contributed by atoms with van der Waals surface area (Å²) in [6, 6.07) is 15.0. The Labute approximate surface area is 203 Å². The van der Waals surface area contributed by atoms with Crippen LogP contribution >= 0.6 is 0 Å². The van der Waals surface area contributed by atoms with Gasteiger partial charge in [-0.3, -0.25) is 24.1 Å². The average molecular weight is 486 g/mol. The molecule has 1 amide bonds. The lowest BCUT2D eigenvalue weighted by Gasteiger charge is -2.47. The first-order valence-corrected chi connectivity index (χ1v) is 11.2. The van der Waals surface area contributed by atoms with Gasteiger partial charge in [-0.15, -0.1) is 0 Å². The third-order valence-corrected chi connectivity index (χ3v) is 5.76. The Morgan fingerprint density at radius 3 is 2.29 bits per heavy atom. The van der Waals surface area contributed by atoms with Crippen molar-refractivity contribution in [3.8, 4) is 0 Å². The number of H-pyrrole nitrogens is 1. The van der Waals surface area contributed by atoms with Gasteiger partial charge in [0.1, 0.15) is 5.69 Å². The van der Waals surface area contributed by atoms with Crippen LogP contribution in [0, 0.1) is 0 Å². The van der Waals surface area contributed by atoms with Crippen molar-refractivity contribution in [3.05, 3.63) is 76.2 Å². The summed E-state index contributed by atoms with van der Waals surface area (Å²) in [5.74, 6) is -0.115. The monoisotopic (exact) mass is 485 g/mol. The number of benzene rings is 1. The Balaban J connectivity index is 0.000000655. The maximum absolute atomic E-state index is 12.7. The summed E-state index contributed by atoms with van der Waals surface area (Å²) in [7, 11) is 0. The molecule has 0 saturated carbocycles. The molecule has 1 aromatic carbocycles. The Hall–Kier alpha value is -3.76. The van der Waals surface area contributed by atoms with Crippen LogP contribution < -0.4 is 5.56 Å². The molecule has 188 valence electrons. The first-order valence-electron chi connectivity index (χ1n) is 11.2. The normalized spacial score (nSPS) is 17.0. The zero-order valence-electron chi connectivity index (χ0n) is 19.4. The van der Waals surface area contributed by atoms with Crippen LogP contribution in [0.15, 0.2) is 59.4 Å². The molecule has 0 unspecified atom stereocenters. The van der Waals surface area contributed by atoms with E-state index in [1.807, 2.05) is 23.1 Å². The lowest BCUT2D eigenvalue weighted by Crippen LogP contribution is -2.57. The number of hydrogen-bond donors (Lipinski definition) is 3. The fourth-order valence-electron chi connectivity index (χ4n) is 4.14. The van der Waals surface area contributed by atoms with E-state index in [0.29, 0.717) is 18.8 Å². The van der Waals surface area contributed by atoms with Gasteiger partial charge in [-0.25, -0.2) is 0 Å². The van der Waals surface area contributed by atoms with Crippen LogP contribution in [0.1, 0.15) is 28.9 Å². The molecule has 2 aliphatic rings. The van der Waals surface area contributed by atoms with E-state index in [9.17, 15) is 9.59 Å². The minimum atomic E-state index is -0.251. The first kappa shape index (κ1) is 27.5. The van der Waals surface area contributed by atoms with Crippen LogP contribution in [0.4, 0.5) is 0 Å². The van der Waals surface area contributed by atoms with Crippen LogP contribution in [-0.2, 0) is 14.3 Å². The third kappa shape index (κ3) is 8.84. The SMILES string of the molecule is O=C(c1cccc(=O)[nH]1)N1CCC2(CC1)CN(C/C=C/c1ccccc1)CCO2.O=CO.O=CO. The van der Waals surface area contributed by atoms with Gasteiger partial charge in [-0.1, -0.05) is 48.6 Å². The number of aromatic amines is 1. The number of likely N-dealkylation sites (tertiary alicyclic amines) is 1. The third-order valence-electron chi connectivity index (χ3n) is 5.76. The summed E-state index contributed by atoms with van der Waals surface area (Å²) < 4.78 is 6.19. The quantitative estimate of drug-likeness (QED) is 0.557. The number of morpholine rings is 1. The van der Waals surface area contributed by atoms with Gasteiger partial charge >= 0.3 is 0 Å². The Kier molecular flexibility index (Phi) is 11.4. The fraction of sp³-hybridized carbons (Fsp3) is 0.360. The second kappa shape index (κ2) is 14.5. The number of amides is 1. The maximum atomic E-state index is 12.7.